The van der Waals surface area contributed by atoms with Gasteiger partial charge in [-0.3, -0.25) is 0 Å². The van der Waals surface area contributed by atoms with Crippen LogP contribution in [0.1, 0.15) is 24.8 Å². The van der Waals surface area contributed by atoms with Crippen molar-refractivity contribution in [3.05, 3.63) is 34.3 Å². The van der Waals surface area contributed by atoms with Gasteiger partial charge in [0, 0.05) is 4.47 Å². The van der Waals surface area contributed by atoms with E-state index < -0.39 is 0 Å². The average Bonchev–Trinajstić information content (AvgIpc) is 2.89. The Labute approximate surface area is 119 Å². The molecule has 3 heteroatoms. The molecule has 1 heterocycles. The van der Waals surface area contributed by atoms with E-state index in [1.54, 1.807) is 0 Å². The third kappa shape index (κ3) is 5.09. The molecule has 0 saturated carbocycles. The van der Waals surface area contributed by atoms with E-state index >= 15 is 0 Å². The zero-order valence-corrected chi connectivity index (χ0v) is 12.6. The zero-order valence-electron chi connectivity index (χ0n) is 11.0. The number of halogens is 1. The van der Waals surface area contributed by atoms with Gasteiger partial charge in [0.05, 0.1) is 0 Å². The second-order valence-electron chi connectivity index (χ2n) is 5.03. The molecular weight excluding hydrogens is 288 g/mol. The molecule has 2 rings (SSSR count). The van der Waals surface area contributed by atoms with Crippen molar-refractivity contribution in [3.8, 4) is 0 Å². The minimum Gasteiger partial charge on any atom is -0.316 e. The Kier molecular flexibility index (Phi) is 6.18. The van der Waals surface area contributed by atoms with E-state index in [0.29, 0.717) is 0 Å². The van der Waals surface area contributed by atoms with Crippen molar-refractivity contribution in [2.45, 2.75) is 25.7 Å². The lowest BCUT2D eigenvalue weighted by Crippen LogP contribution is -2.25. The molecule has 1 aromatic rings. The van der Waals surface area contributed by atoms with Gasteiger partial charge in [0.25, 0.3) is 0 Å². The molecule has 0 bridgehead atoms. The SMILES string of the molecule is Brc1ccc(CCNCCCN2CCCC2)cc1. The molecule has 18 heavy (non-hydrogen) atoms. The fourth-order valence-electron chi connectivity index (χ4n) is 2.44. The summed E-state index contributed by atoms with van der Waals surface area (Å²) in [7, 11) is 0. The highest BCUT2D eigenvalue weighted by Gasteiger charge is 2.09. The highest BCUT2D eigenvalue weighted by Crippen LogP contribution is 2.10. The van der Waals surface area contributed by atoms with Crippen molar-refractivity contribution >= 4 is 15.9 Å². The lowest BCUT2D eigenvalue weighted by Gasteiger charge is -2.14. The molecule has 0 unspecified atom stereocenters. The Balaban J connectivity index is 1.49. The molecule has 1 aromatic carbocycles. The number of rotatable bonds is 7. The minimum absolute atomic E-state index is 1.08. The minimum atomic E-state index is 1.08. The van der Waals surface area contributed by atoms with Crippen LogP contribution in [0.4, 0.5) is 0 Å². The molecule has 1 aliphatic heterocycles. The Bertz CT molecular complexity index is 331. The maximum Gasteiger partial charge on any atom is 0.0175 e. The zero-order chi connectivity index (χ0) is 12.6. The smallest absolute Gasteiger partial charge is 0.0175 e. The van der Waals surface area contributed by atoms with Gasteiger partial charge in [-0.05, 0) is 76.1 Å². The number of hydrogen-bond donors (Lipinski definition) is 1. The lowest BCUT2D eigenvalue weighted by molar-refractivity contribution is 0.331. The summed E-state index contributed by atoms with van der Waals surface area (Å²) in [4.78, 5) is 2.58. The Morgan fingerprint density at radius 3 is 2.50 bits per heavy atom. The first kappa shape index (κ1) is 14.0. The van der Waals surface area contributed by atoms with Crippen molar-refractivity contribution in [2.75, 3.05) is 32.7 Å². The van der Waals surface area contributed by atoms with Crippen molar-refractivity contribution in [1.29, 1.82) is 0 Å². The molecule has 100 valence electrons. The number of benzene rings is 1. The summed E-state index contributed by atoms with van der Waals surface area (Å²) in [6.07, 6.45) is 5.20. The number of nitrogens with one attached hydrogen (secondary N) is 1. The van der Waals surface area contributed by atoms with Gasteiger partial charge in [0.1, 0.15) is 0 Å². The fraction of sp³-hybridized carbons (Fsp3) is 0.600. The van der Waals surface area contributed by atoms with Gasteiger partial charge < -0.3 is 10.2 Å². The molecule has 1 fully saturated rings. The summed E-state index contributed by atoms with van der Waals surface area (Å²) < 4.78 is 1.16. The van der Waals surface area contributed by atoms with E-state index in [2.05, 4.69) is 50.4 Å². The first-order chi connectivity index (χ1) is 8.84. The van der Waals surface area contributed by atoms with Crippen molar-refractivity contribution < 1.29 is 0 Å². The van der Waals surface area contributed by atoms with Gasteiger partial charge in [-0.15, -0.1) is 0 Å². The number of likely N-dealkylation sites (tertiary alicyclic amines) is 1. The lowest BCUT2D eigenvalue weighted by atomic mass is 10.1. The van der Waals surface area contributed by atoms with Crippen LogP contribution in [0.15, 0.2) is 28.7 Å². The molecular formula is C15H23BrN2. The van der Waals surface area contributed by atoms with Gasteiger partial charge in [0.2, 0.25) is 0 Å². The molecule has 1 aliphatic rings. The van der Waals surface area contributed by atoms with Crippen LogP contribution in [0.5, 0.6) is 0 Å². The van der Waals surface area contributed by atoms with Crippen LogP contribution < -0.4 is 5.32 Å². The van der Waals surface area contributed by atoms with Crippen molar-refractivity contribution in [1.82, 2.24) is 10.2 Å². The molecule has 0 aromatic heterocycles. The van der Waals surface area contributed by atoms with Gasteiger partial charge >= 0.3 is 0 Å². The molecule has 1 saturated heterocycles. The van der Waals surface area contributed by atoms with E-state index in [0.717, 1.165) is 24.0 Å². The second-order valence-corrected chi connectivity index (χ2v) is 5.94. The van der Waals surface area contributed by atoms with Crippen LogP contribution in [-0.4, -0.2) is 37.6 Å². The number of nitrogens with zero attached hydrogens (tertiary/aromatic N) is 1. The van der Waals surface area contributed by atoms with Crippen LogP contribution >= 0.6 is 15.9 Å². The topological polar surface area (TPSA) is 15.3 Å². The Morgan fingerprint density at radius 1 is 1.06 bits per heavy atom. The van der Waals surface area contributed by atoms with Crippen LogP contribution in [0.2, 0.25) is 0 Å². The number of hydrogen-bond acceptors (Lipinski definition) is 2. The Morgan fingerprint density at radius 2 is 1.78 bits per heavy atom. The summed E-state index contributed by atoms with van der Waals surface area (Å²) in [5, 5.41) is 3.53. The predicted molar refractivity (Wildman–Crippen MR) is 81.0 cm³/mol. The standard InChI is InChI=1S/C15H23BrN2/c16-15-6-4-14(5-7-15)8-10-17-9-3-13-18-11-1-2-12-18/h4-7,17H,1-3,8-13H2. The molecule has 0 aliphatic carbocycles. The first-order valence-corrected chi connectivity index (χ1v) is 7.81. The maximum atomic E-state index is 3.53. The van der Waals surface area contributed by atoms with Crippen LogP contribution in [0.25, 0.3) is 0 Å². The average molecular weight is 311 g/mol. The molecule has 0 spiro atoms. The molecule has 1 N–H and O–H groups in total. The fourth-order valence-corrected chi connectivity index (χ4v) is 2.71. The van der Waals surface area contributed by atoms with E-state index in [-0.39, 0.29) is 0 Å². The maximum absolute atomic E-state index is 3.53. The quantitative estimate of drug-likeness (QED) is 0.779. The second kappa shape index (κ2) is 7.93. The van der Waals surface area contributed by atoms with E-state index in [1.165, 1.54) is 44.5 Å². The molecule has 0 amide bonds. The molecule has 0 radical (unpaired) electrons. The monoisotopic (exact) mass is 310 g/mol. The van der Waals surface area contributed by atoms with Crippen LogP contribution in [0, 0.1) is 0 Å². The van der Waals surface area contributed by atoms with E-state index in [1.807, 2.05) is 0 Å². The van der Waals surface area contributed by atoms with Gasteiger partial charge in [-0.25, -0.2) is 0 Å². The summed E-state index contributed by atoms with van der Waals surface area (Å²) in [6.45, 7) is 6.14. The van der Waals surface area contributed by atoms with Crippen molar-refractivity contribution in [2.24, 2.45) is 0 Å². The summed E-state index contributed by atoms with van der Waals surface area (Å²) in [5.74, 6) is 0. The largest absolute Gasteiger partial charge is 0.316 e. The Hall–Kier alpha value is -0.380. The van der Waals surface area contributed by atoms with Crippen LogP contribution in [-0.2, 0) is 6.42 Å². The molecule has 2 nitrogen and oxygen atoms in total. The van der Waals surface area contributed by atoms with Crippen LogP contribution in [0.3, 0.4) is 0 Å². The third-order valence-electron chi connectivity index (χ3n) is 3.53. The van der Waals surface area contributed by atoms with Gasteiger partial charge in [-0.1, -0.05) is 28.1 Å². The highest BCUT2D eigenvalue weighted by molar-refractivity contribution is 9.10. The first-order valence-electron chi connectivity index (χ1n) is 7.02. The van der Waals surface area contributed by atoms with Gasteiger partial charge in [-0.2, -0.15) is 0 Å². The summed E-state index contributed by atoms with van der Waals surface area (Å²) in [5.41, 5.74) is 1.41. The van der Waals surface area contributed by atoms with E-state index in [4.69, 9.17) is 0 Å². The predicted octanol–water partition coefficient (Wildman–Crippen LogP) is 3.07. The third-order valence-corrected chi connectivity index (χ3v) is 4.06. The van der Waals surface area contributed by atoms with Crippen molar-refractivity contribution in [3.63, 3.8) is 0 Å². The molecule has 0 atom stereocenters. The summed E-state index contributed by atoms with van der Waals surface area (Å²) >= 11 is 3.46. The normalized spacial score (nSPS) is 16.3. The van der Waals surface area contributed by atoms with Gasteiger partial charge in [0.15, 0.2) is 0 Å². The van der Waals surface area contributed by atoms with E-state index in [9.17, 15) is 0 Å². The summed E-state index contributed by atoms with van der Waals surface area (Å²) in [6, 6.07) is 8.61. The highest BCUT2D eigenvalue weighted by atomic mass is 79.9.